The summed E-state index contributed by atoms with van der Waals surface area (Å²) < 4.78 is 0. The lowest BCUT2D eigenvalue weighted by Gasteiger charge is -2.31. The van der Waals surface area contributed by atoms with Crippen LogP contribution in [0.2, 0.25) is 0 Å². The highest BCUT2D eigenvalue weighted by Gasteiger charge is 2.32. The first-order valence-corrected chi connectivity index (χ1v) is 4.81. The van der Waals surface area contributed by atoms with Crippen LogP contribution in [0.1, 0.15) is 20.3 Å². The molecule has 3 atom stereocenters. The Morgan fingerprint density at radius 2 is 2.13 bits per heavy atom. The van der Waals surface area contributed by atoms with Crippen molar-refractivity contribution in [3.05, 3.63) is 11.6 Å². The van der Waals surface area contributed by atoms with Gasteiger partial charge in [-0.2, -0.15) is 0 Å². The lowest BCUT2D eigenvalue weighted by atomic mass is 9.85. The van der Waals surface area contributed by atoms with Crippen molar-refractivity contribution in [3.8, 4) is 0 Å². The SMILES string of the molecule is CC(=O)N[C@H]1[C@H](O)CC(C(=O)O)=C[C@@H]1C. The van der Waals surface area contributed by atoms with Crippen molar-refractivity contribution >= 4 is 11.9 Å². The molecule has 0 aliphatic heterocycles. The van der Waals surface area contributed by atoms with E-state index in [1.165, 1.54) is 6.92 Å². The first-order chi connectivity index (χ1) is 6.91. The van der Waals surface area contributed by atoms with Gasteiger partial charge in [0, 0.05) is 18.9 Å². The second-order valence-corrected chi connectivity index (χ2v) is 3.85. The number of carbonyl (C=O) groups is 2. The van der Waals surface area contributed by atoms with E-state index in [-0.39, 0.29) is 23.8 Å². The van der Waals surface area contributed by atoms with Crippen LogP contribution in [0, 0.1) is 5.92 Å². The maximum Gasteiger partial charge on any atom is 0.331 e. The van der Waals surface area contributed by atoms with Gasteiger partial charge in [-0.05, 0) is 5.92 Å². The molecule has 1 amide bonds. The number of amides is 1. The second kappa shape index (κ2) is 4.44. The molecule has 0 heterocycles. The third-order valence-corrected chi connectivity index (χ3v) is 2.52. The number of aliphatic hydroxyl groups excluding tert-OH is 1. The van der Waals surface area contributed by atoms with Gasteiger partial charge in [-0.15, -0.1) is 0 Å². The van der Waals surface area contributed by atoms with Crippen LogP contribution in [-0.2, 0) is 9.59 Å². The summed E-state index contributed by atoms with van der Waals surface area (Å²) in [7, 11) is 0. The molecule has 5 nitrogen and oxygen atoms in total. The number of rotatable bonds is 2. The van der Waals surface area contributed by atoms with E-state index in [1.54, 1.807) is 13.0 Å². The molecule has 84 valence electrons. The minimum Gasteiger partial charge on any atom is -0.478 e. The Morgan fingerprint density at radius 3 is 2.53 bits per heavy atom. The minimum absolute atomic E-state index is 0.0740. The van der Waals surface area contributed by atoms with E-state index in [4.69, 9.17) is 5.11 Å². The van der Waals surface area contributed by atoms with Gasteiger partial charge >= 0.3 is 5.97 Å². The number of hydrogen-bond acceptors (Lipinski definition) is 3. The van der Waals surface area contributed by atoms with Gasteiger partial charge in [-0.3, -0.25) is 4.79 Å². The average Bonchev–Trinajstić information content (AvgIpc) is 2.10. The smallest absolute Gasteiger partial charge is 0.331 e. The van der Waals surface area contributed by atoms with Crippen molar-refractivity contribution in [3.63, 3.8) is 0 Å². The molecule has 0 spiro atoms. The van der Waals surface area contributed by atoms with Gasteiger partial charge in [0.05, 0.1) is 12.1 Å². The molecule has 0 radical (unpaired) electrons. The molecule has 15 heavy (non-hydrogen) atoms. The second-order valence-electron chi connectivity index (χ2n) is 3.85. The van der Waals surface area contributed by atoms with Gasteiger partial charge in [0.15, 0.2) is 0 Å². The van der Waals surface area contributed by atoms with Crippen LogP contribution in [0.3, 0.4) is 0 Å². The molecule has 1 aliphatic rings. The third kappa shape index (κ3) is 2.79. The number of aliphatic hydroxyl groups is 1. The van der Waals surface area contributed by atoms with Crippen molar-refractivity contribution in [2.24, 2.45) is 5.92 Å². The van der Waals surface area contributed by atoms with E-state index in [1.807, 2.05) is 0 Å². The van der Waals surface area contributed by atoms with E-state index in [0.29, 0.717) is 0 Å². The topological polar surface area (TPSA) is 86.6 Å². The normalized spacial score (nSPS) is 30.6. The van der Waals surface area contributed by atoms with Gasteiger partial charge in [0.1, 0.15) is 0 Å². The summed E-state index contributed by atoms with van der Waals surface area (Å²) in [5, 5.41) is 21.1. The number of hydrogen-bond donors (Lipinski definition) is 3. The molecule has 0 unspecified atom stereocenters. The lowest BCUT2D eigenvalue weighted by molar-refractivity contribution is -0.133. The summed E-state index contributed by atoms with van der Waals surface area (Å²) in [6.07, 6.45) is 0.820. The largest absolute Gasteiger partial charge is 0.478 e. The van der Waals surface area contributed by atoms with Crippen molar-refractivity contribution in [1.82, 2.24) is 5.32 Å². The van der Waals surface area contributed by atoms with Crippen molar-refractivity contribution in [2.75, 3.05) is 0 Å². The van der Waals surface area contributed by atoms with E-state index in [9.17, 15) is 14.7 Å². The van der Waals surface area contributed by atoms with E-state index >= 15 is 0 Å². The van der Waals surface area contributed by atoms with Crippen LogP contribution in [0.15, 0.2) is 11.6 Å². The number of aliphatic carboxylic acids is 1. The number of carboxylic acids is 1. The average molecular weight is 213 g/mol. The van der Waals surface area contributed by atoms with E-state index in [0.717, 1.165) is 0 Å². The van der Waals surface area contributed by atoms with Crippen LogP contribution in [0.25, 0.3) is 0 Å². The monoisotopic (exact) mass is 213 g/mol. The lowest BCUT2D eigenvalue weighted by Crippen LogP contribution is -2.48. The summed E-state index contributed by atoms with van der Waals surface area (Å²) in [4.78, 5) is 21.6. The van der Waals surface area contributed by atoms with Gasteiger partial charge < -0.3 is 15.5 Å². The molecular weight excluding hydrogens is 198 g/mol. The summed E-state index contributed by atoms with van der Waals surface area (Å²) in [6.45, 7) is 3.14. The zero-order valence-corrected chi connectivity index (χ0v) is 8.73. The molecule has 1 rings (SSSR count). The number of nitrogens with one attached hydrogen (secondary N) is 1. The van der Waals surface area contributed by atoms with Gasteiger partial charge in [-0.1, -0.05) is 13.0 Å². The Hall–Kier alpha value is -1.36. The Bertz CT molecular complexity index is 311. The van der Waals surface area contributed by atoms with Crippen molar-refractivity contribution in [1.29, 1.82) is 0 Å². The molecule has 0 saturated carbocycles. The summed E-state index contributed by atoms with van der Waals surface area (Å²) in [5.74, 6) is -1.41. The van der Waals surface area contributed by atoms with Gasteiger partial charge in [0.25, 0.3) is 0 Å². The minimum atomic E-state index is -1.01. The highest BCUT2D eigenvalue weighted by atomic mass is 16.4. The zero-order chi connectivity index (χ0) is 11.6. The quantitative estimate of drug-likeness (QED) is 0.598. The number of carboxylic acid groups (broad SMARTS) is 1. The predicted molar refractivity (Wildman–Crippen MR) is 53.1 cm³/mol. The van der Waals surface area contributed by atoms with Crippen LogP contribution in [0.4, 0.5) is 0 Å². The standard InChI is InChI=1S/C10H15NO4/c1-5-3-7(10(14)15)4-8(13)9(5)11-6(2)12/h3,5,8-9,13H,4H2,1-2H3,(H,11,12)(H,14,15)/t5-,8+,9+/m0/s1. The first-order valence-electron chi connectivity index (χ1n) is 4.81. The third-order valence-electron chi connectivity index (χ3n) is 2.52. The number of carbonyl (C=O) groups excluding carboxylic acids is 1. The van der Waals surface area contributed by atoms with Crippen LogP contribution < -0.4 is 5.32 Å². The molecule has 0 bridgehead atoms. The van der Waals surface area contributed by atoms with Crippen molar-refractivity contribution in [2.45, 2.75) is 32.4 Å². The van der Waals surface area contributed by atoms with Crippen LogP contribution in [-0.4, -0.2) is 34.2 Å². The highest BCUT2D eigenvalue weighted by molar-refractivity contribution is 5.87. The van der Waals surface area contributed by atoms with E-state index in [2.05, 4.69) is 5.32 Å². The molecule has 0 aromatic rings. The highest BCUT2D eigenvalue weighted by Crippen LogP contribution is 2.23. The molecule has 3 N–H and O–H groups in total. The summed E-state index contributed by atoms with van der Waals surface area (Å²) in [5.41, 5.74) is 0.205. The summed E-state index contributed by atoms with van der Waals surface area (Å²) in [6, 6.07) is -0.398. The Morgan fingerprint density at radius 1 is 1.53 bits per heavy atom. The van der Waals surface area contributed by atoms with Gasteiger partial charge in [0.2, 0.25) is 5.91 Å². The maximum absolute atomic E-state index is 10.9. The predicted octanol–water partition coefficient (Wildman–Crippen LogP) is -0.0972. The molecular formula is C10H15NO4. The maximum atomic E-state index is 10.9. The molecule has 1 aliphatic carbocycles. The molecule has 0 aromatic carbocycles. The fourth-order valence-corrected chi connectivity index (χ4v) is 1.81. The van der Waals surface area contributed by atoms with E-state index < -0.39 is 18.1 Å². The fourth-order valence-electron chi connectivity index (χ4n) is 1.81. The Balaban J connectivity index is 2.80. The first kappa shape index (κ1) is 11.7. The van der Waals surface area contributed by atoms with Crippen molar-refractivity contribution < 1.29 is 19.8 Å². The van der Waals surface area contributed by atoms with Gasteiger partial charge in [-0.25, -0.2) is 4.79 Å². The fraction of sp³-hybridized carbons (Fsp3) is 0.600. The zero-order valence-electron chi connectivity index (χ0n) is 8.73. The summed E-state index contributed by atoms with van der Waals surface area (Å²) >= 11 is 0. The van der Waals surface area contributed by atoms with Crippen LogP contribution in [0.5, 0.6) is 0 Å². The molecule has 0 aromatic heterocycles. The molecule has 5 heteroatoms. The Kier molecular flexibility index (Phi) is 3.47. The Labute approximate surface area is 87.8 Å². The van der Waals surface area contributed by atoms with Crippen LogP contribution >= 0.6 is 0 Å². The molecule has 0 fully saturated rings. The molecule has 0 saturated heterocycles.